The van der Waals surface area contributed by atoms with Gasteiger partial charge in [0.2, 0.25) is 0 Å². The lowest BCUT2D eigenvalue weighted by molar-refractivity contribution is 0.644. The number of hydrogen-bond donors (Lipinski definition) is 2. The quantitative estimate of drug-likeness (QED) is 0.658. The Morgan fingerprint density at radius 1 is 1.41 bits per heavy atom. The van der Waals surface area contributed by atoms with Gasteiger partial charge >= 0.3 is 0 Å². The second-order valence-electron chi connectivity index (χ2n) is 3.74. The number of nitrogens with two attached hydrogens (primary N) is 1. The Hall–Kier alpha value is -0.390. The molecule has 1 aromatic heterocycles. The summed E-state index contributed by atoms with van der Waals surface area (Å²) in [7, 11) is 0. The van der Waals surface area contributed by atoms with Gasteiger partial charge in [0.15, 0.2) is 0 Å². The molecule has 1 heterocycles. The van der Waals surface area contributed by atoms with E-state index < -0.39 is 0 Å². The summed E-state index contributed by atoms with van der Waals surface area (Å²) < 4.78 is 1.06. The Kier molecular flexibility index (Phi) is 4.22. The van der Waals surface area contributed by atoms with Crippen molar-refractivity contribution in [1.29, 1.82) is 0 Å². The third kappa shape index (κ3) is 2.72. The third-order valence-electron chi connectivity index (χ3n) is 2.60. The van der Waals surface area contributed by atoms with Crippen LogP contribution in [0.25, 0.3) is 0 Å². The highest BCUT2D eigenvalue weighted by molar-refractivity contribution is 9.10. The Morgan fingerprint density at radius 2 is 2.18 bits per heavy atom. The molecule has 2 aromatic rings. The third-order valence-corrected chi connectivity index (χ3v) is 4.95. The van der Waals surface area contributed by atoms with E-state index in [1.165, 1.54) is 0 Å². The van der Waals surface area contributed by atoms with Crippen LogP contribution in [0.5, 0.6) is 0 Å². The van der Waals surface area contributed by atoms with Crippen LogP contribution in [0.3, 0.4) is 0 Å². The standard InChI is InChI=1S/C12H12BrClN2S/c1-7-2-3-8(6-10(7)14)11(16-15)12-9(13)4-5-17-12/h2-6,11,16H,15H2,1H3. The normalized spacial score (nSPS) is 12.7. The first-order chi connectivity index (χ1) is 8.13. The topological polar surface area (TPSA) is 38.0 Å². The second kappa shape index (κ2) is 5.50. The minimum Gasteiger partial charge on any atom is -0.271 e. The summed E-state index contributed by atoms with van der Waals surface area (Å²) in [4.78, 5) is 1.15. The van der Waals surface area contributed by atoms with Gasteiger partial charge in [0.05, 0.1) is 6.04 Å². The van der Waals surface area contributed by atoms with E-state index in [1.54, 1.807) is 11.3 Å². The predicted octanol–water partition coefficient (Wildman–Crippen LogP) is 4.03. The van der Waals surface area contributed by atoms with Gasteiger partial charge in [-0.05, 0) is 51.5 Å². The number of hydrazine groups is 1. The van der Waals surface area contributed by atoms with Crippen molar-refractivity contribution in [2.45, 2.75) is 13.0 Å². The average molecular weight is 332 g/mol. The van der Waals surface area contributed by atoms with Crippen molar-refractivity contribution in [3.05, 3.63) is 55.1 Å². The van der Waals surface area contributed by atoms with Crippen LogP contribution in [0, 0.1) is 6.92 Å². The molecular weight excluding hydrogens is 320 g/mol. The molecular formula is C12H12BrClN2S. The van der Waals surface area contributed by atoms with Gasteiger partial charge in [-0.25, -0.2) is 5.43 Å². The summed E-state index contributed by atoms with van der Waals surface area (Å²) >= 11 is 11.3. The predicted molar refractivity (Wildman–Crippen MR) is 77.4 cm³/mol. The van der Waals surface area contributed by atoms with Crippen LogP contribution in [0.15, 0.2) is 34.1 Å². The van der Waals surface area contributed by atoms with Gasteiger partial charge in [-0.2, -0.15) is 0 Å². The van der Waals surface area contributed by atoms with Crippen LogP contribution in [0.2, 0.25) is 5.02 Å². The van der Waals surface area contributed by atoms with E-state index in [0.29, 0.717) is 0 Å². The number of benzene rings is 1. The first kappa shape index (κ1) is 13.1. The Morgan fingerprint density at radius 3 is 2.71 bits per heavy atom. The highest BCUT2D eigenvalue weighted by Crippen LogP contribution is 2.33. The van der Waals surface area contributed by atoms with E-state index in [9.17, 15) is 0 Å². The number of thiophene rings is 1. The summed E-state index contributed by atoms with van der Waals surface area (Å²) in [6.45, 7) is 1.98. The molecule has 0 fully saturated rings. The molecule has 0 saturated heterocycles. The SMILES string of the molecule is Cc1ccc(C(NN)c2sccc2Br)cc1Cl. The molecule has 0 saturated carbocycles. The molecule has 1 atom stereocenters. The zero-order valence-electron chi connectivity index (χ0n) is 9.21. The molecule has 5 heteroatoms. The molecule has 0 aliphatic carbocycles. The molecule has 1 aromatic carbocycles. The maximum Gasteiger partial charge on any atom is 0.0814 e. The fourth-order valence-electron chi connectivity index (χ4n) is 1.62. The van der Waals surface area contributed by atoms with E-state index in [1.807, 2.05) is 36.6 Å². The van der Waals surface area contributed by atoms with E-state index in [-0.39, 0.29) is 6.04 Å². The number of hydrogen-bond acceptors (Lipinski definition) is 3. The fraction of sp³-hybridized carbons (Fsp3) is 0.167. The Labute approximate surface area is 118 Å². The smallest absolute Gasteiger partial charge is 0.0814 e. The van der Waals surface area contributed by atoms with Gasteiger partial charge in [-0.1, -0.05) is 23.7 Å². The van der Waals surface area contributed by atoms with Crippen LogP contribution in [-0.2, 0) is 0 Å². The first-order valence-electron chi connectivity index (χ1n) is 5.08. The fourth-order valence-corrected chi connectivity index (χ4v) is 3.50. The van der Waals surface area contributed by atoms with Gasteiger partial charge in [0.1, 0.15) is 0 Å². The number of rotatable bonds is 3. The van der Waals surface area contributed by atoms with Gasteiger partial charge < -0.3 is 0 Å². The second-order valence-corrected chi connectivity index (χ2v) is 5.95. The van der Waals surface area contributed by atoms with Crippen molar-refractivity contribution < 1.29 is 0 Å². The van der Waals surface area contributed by atoms with Crippen molar-refractivity contribution in [2.24, 2.45) is 5.84 Å². The molecule has 0 spiro atoms. The number of nitrogens with one attached hydrogen (secondary N) is 1. The maximum absolute atomic E-state index is 6.14. The molecule has 17 heavy (non-hydrogen) atoms. The molecule has 3 N–H and O–H groups in total. The molecule has 0 bridgehead atoms. The summed E-state index contributed by atoms with van der Waals surface area (Å²) in [6.07, 6.45) is 0. The minimum atomic E-state index is -0.0394. The van der Waals surface area contributed by atoms with Crippen molar-refractivity contribution in [1.82, 2.24) is 5.43 Å². The molecule has 0 amide bonds. The molecule has 1 unspecified atom stereocenters. The maximum atomic E-state index is 6.14. The van der Waals surface area contributed by atoms with Crippen LogP contribution in [-0.4, -0.2) is 0 Å². The van der Waals surface area contributed by atoms with Gasteiger partial charge in [-0.3, -0.25) is 5.84 Å². The molecule has 90 valence electrons. The van der Waals surface area contributed by atoms with Crippen molar-refractivity contribution >= 4 is 38.9 Å². The van der Waals surface area contributed by atoms with Gasteiger partial charge in [0, 0.05) is 14.4 Å². The van der Waals surface area contributed by atoms with Gasteiger partial charge in [0.25, 0.3) is 0 Å². The summed E-state index contributed by atoms with van der Waals surface area (Å²) in [5.74, 6) is 5.65. The monoisotopic (exact) mass is 330 g/mol. The minimum absolute atomic E-state index is 0.0394. The molecule has 2 nitrogen and oxygen atoms in total. The number of halogens is 2. The lowest BCUT2D eigenvalue weighted by Crippen LogP contribution is -2.28. The van der Waals surface area contributed by atoms with E-state index in [2.05, 4.69) is 21.4 Å². The van der Waals surface area contributed by atoms with Gasteiger partial charge in [-0.15, -0.1) is 11.3 Å². The highest BCUT2D eigenvalue weighted by atomic mass is 79.9. The van der Waals surface area contributed by atoms with Crippen molar-refractivity contribution in [3.63, 3.8) is 0 Å². The van der Waals surface area contributed by atoms with Crippen LogP contribution in [0.4, 0.5) is 0 Å². The van der Waals surface area contributed by atoms with Crippen LogP contribution >= 0.6 is 38.9 Å². The Balaban J connectivity index is 2.42. The molecule has 0 aliphatic rings. The average Bonchev–Trinajstić information content (AvgIpc) is 2.71. The number of aryl methyl sites for hydroxylation is 1. The first-order valence-corrected chi connectivity index (χ1v) is 7.13. The molecule has 2 rings (SSSR count). The molecule has 0 aliphatic heterocycles. The lowest BCUT2D eigenvalue weighted by atomic mass is 10.0. The van der Waals surface area contributed by atoms with E-state index in [4.69, 9.17) is 17.4 Å². The van der Waals surface area contributed by atoms with Crippen LogP contribution < -0.4 is 11.3 Å². The zero-order valence-corrected chi connectivity index (χ0v) is 12.4. The van der Waals surface area contributed by atoms with Crippen LogP contribution in [0.1, 0.15) is 22.0 Å². The lowest BCUT2D eigenvalue weighted by Gasteiger charge is -2.16. The summed E-state index contributed by atoms with van der Waals surface area (Å²) in [5, 5.41) is 2.79. The zero-order chi connectivity index (χ0) is 12.4. The Bertz CT molecular complexity index is 527. The highest BCUT2D eigenvalue weighted by Gasteiger charge is 2.17. The van der Waals surface area contributed by atoms with Crippen molar-refractivity contribution in [3.8, 4) is 0 Å². The van der Waals surface area contributed by atoms with E-state index >= 15 is 0 Å². The van der Waals surface area contributed by atoms with E-state index in [0.717, 1.165) is 25.5 Å². The van der Waals surface area contributed by atoms with Crippen molar-refractivity contribution in [2.75, 3.05) is 0 Å². The summed E-state index contributed by atoms with van der Waals surface area (Å²) in [6, 6.07) is 7.97. The largest absolute Gasteiger partial charge is 0.271 e. The summed E-state index contributed by atoms with van der Waals surface area (Å²) in [5.41, 5.74) is 4.96. The molecule has 0 radical (unpaired) electrons.